The Bertz CT molecular complexity index is 344. The van der Waals surface area contributed by atoms with Crippen molar-refractivity contribution in [3.05, 3.63) is 35.9 Å². The Morgan fingerprint density at radius 3 is 2.47 bits per heavy atom. The van der Waals surface area contributed by atoms with Gasteiger partial charge in [-0.2, -0.15) is 0 Å². The molecule has 2 rings (SSSR count). The van der Waals surface area contributed by atoms with Crippen LogP contribution >= 0.6 is 0 Å². The Morgan fingerprint density at radius 2 is 1.84 bits per heavy atom. The SMILES string of the molecule is CCNCC(c1ccccc1)N(C)C1CCCCC1. The van der Waals surface area contributed by atoms with Crippen LogP contribution in [0.4, 0.5) is 0 Å². The lowest BCUT2D eigenvalue weighted by atomic mass is 9.92. The van der Waals surface area contributed by atoms with Gasteiger partial charge in [-0.25, -0.2) is 0 Å². The molecule has 19 heavy (non-hydrogen) atoms. The third-order valence-electron chi connectivity index (χ3n) is 4.41. The van der Waals surface area contributed by atoms with Gasteiger partial charge < -0.3 is 5.32 Å². The Morgan fingerprint density at radius 1 is 1.16 bits per heavy atom. The summed E-state index contributed by atoms with van der Waals surface area (Å²) in [6.07, 6.45) is 6.96. The zero-order chi connectivity index (χ0) is 13.5. The highest BCUT2D eigenvalue weighted by Gasteiger charge is 2.25. The van der Waals surface area contributed by atoms with E-state index < -0.39 is 0 Å². The van der Waals surface area contributed by atoms with E-state index in [1.54, 1.807) is 0 Å². The van der Waals surface area contributed by atoms with Crippen molar-refractivity contribution in [1.82, 2.24) is 10.2 Å². The largest absolute Gasteiger partial charge is 0.315 e. The first-order valence-electron chi connectivity index (χ1n) is 7.80. The fourth-order valence-corrected chi connectivity index (χ4v) is 3.20. The average Bonchev–Trinajstić information content (AvgIpc) is 2.49. The topological polar surface area (TPSA) is 15.3 Å². The molecule has 2 nitrogen and oxygen atoms in total. The zero-order valence-electron chi connectivity index (χ0n) is 12.4. The highest BCUT2D eigenvalue weighted by atomic mass is 15.2. The normalized spacial score (nSPS) is 18.7. The number of hydrogen-bond donors (Lipinski definition) is 1. The van der Waals surface area contributed by atoms with Gasteiger partial charge in [-0.15, -0.1) is 0 Å². The molecule has 0 amide bonds. The fourth-order valence-electron chi connectivity index (χ4n) is 3.20. The van der Waals surface area contributed by atoms with Gasteiger partial charge >= 0.3 is 0 Å². The molecule has 1 aliphatic carbocycles. The Kier molecular flexibility index (Phi) is 5.87. The standard InChI is InChI=1S/C17H28N2/c1-3-18-14-17(15-10-6-4-7-11-15)19(2)16-12-8-5-9-13-16/h4,6-7,10-11,16-18H,3,5,8-9,12-14H2,1-2H3. The summed E-state index contributed by atoms with van der Waals surface area (Å²) >= 11 is 0. The summed E-state index contributed by atoms with van der Waals surface area (Å²) in [5.74, 6) is 0. The number of nitrogens with zero attached hydrogens (tertiary/aromatic N) is 1. The van der Waals surface area contributed by atoms with Gasteiger partial charge in [0.05, 0.1) is 0 Å². The van der Waals surface area contributed by atoms with E-state index in [9.17, 15) is 0 Å². The molecule has 1 atom stereocenters. The predicted molar refractivity (Wildman–Crippen MR) is 82.4 cm³/mol. The predicted octanol–water partition coefficient (Wildman–Crippen LogP) is 3.60. The van der Waals surface area contributed by atoms with Crippen LogP contribution in [0.25, 0.3) is 0 Å². The van der Waals surface area contributed by atoms with E-state index in [4.69, 9.17) is 0 Å². The lowest BCUT2D eigenvalue weighted by Gasteiger charge is -2.37. The second kappa shape index (κ2) is 7.66. The van der Waals surface area contributed by atoms with E-state index in [1.165, 1.54) is 37.7 Å². The van der Waals surface area contributed by atoms with Crippen LogP contribution in [0.5, 0.6) is 0 Å². The smallest absolute Gasteiger partial charge is 0.0472 e. The Labute approximate surface area is 118 Å². The lowest BCUT2D eigenvalue weighted by Crippen LogP contribution is -2.40. The van der Waals surface area contributed by atoms with Gasteiger partial charge in [0, 0.05) is 18.6 Å². The van der Waals surface area contributed by atoms with Gasteiger partial charge in [0.25, 0.3) is 0 Å². The second-order valence-electron chi connectivity index (χ2n) is 5.69. The van der Waals surface area contributed by atoms with Crippen LogP contribution < -0.4 is 5.32 Å². The maximum absolute atomic E-state index is 3.53. The van der Waals surface area contributed by atoms with Crippen molar-refractivity contribution in [3.8, 4) is 0 Å². The van der Waals surface area contributed by atoms with Crippen LogP contribution in [-0.2, 0) is 0 Å². The van der Waals surface area contributed by atoms with Crippen molar-refractivity contribution in [2.75, 3.05) is 20.1 Å². The first-order chi connectivity index (χ1) is 9.33. The lowest BCUT2D eigenvalue weighted by molar-refractivity contribution is 0.135. The van der Waals surface area contributed by atoms with Gasteiger partial charge in [-0.1, -0.05) is 56.5 Å². The molecule has 1 aromatic carbocycles. The fraction of sp³-hybridized carbons (Fsp3) is 0.647. The zero-order valence-corrected chi connectivity index (χ0v) is 12.4. The van der Waals surface area contributed by atoms with Crippen molar-refractivity contribution in [2.24, 2.45) is 0 Å². The van der Waals surface area contributed by atoms with Crippen LogP contribution in [0.3, 0.4) is 0 Å². The molecule has 0 aromatic heterocycles. The van der Waals surface area contributed by atoms with Gasteiger partial charge in [0.2, 0.25) is 0 Å². The van der Waals surface area contributed by atoms with Crippen molar-refractivity contribution in [2.45, 2.75) is 51.1 Å². The highest BCUT2D eigenvalue weighted by molar-refractivity contribution is 5.19. The minimum atomic E-state index is 0.504. The molecule has 2 heteroatoms. The monoisotopic (exact) mass is 260 g/mol. The molecule has 0 spiro atoms. The number of rotatable bonds is 6. The second-order valence-corrected chi connectivity index (χ2v) is 5.69. The van der Waals surface area contributed by atoms with Gasteiger partial charge in [-0.3, -0.25) is 4.90 Å². The van der Waals surface area contributed by atoms with Gasteiger partial charge in [0.1, 0.15) is 0 Å². The summed E-state index contributed by atoms with van der Waals surface area (Å²) < 4.78 is 0. The number of nitrogens with one attached hydrogen (secondary N) is 1. The van der Waals surface area contributed by atoms with Gasteiger partial charge in [-0.05, 0) is 32.0 Å². The minimum Gasteiger partial charge on any atom is -0.315 e. The molecular formula is C17H28N2. The van der Waals surface area contributed by atoms with E-state index >= 15 is 0 Å². The molecule has 0 heterocycles. The molecule has 1 aromatic rings. The molecule has 1 fully saturated rings. The van der Waals surface area contributed by atoms with Gasteiger partial charge in [0.15, 0.2) is 0 Å². The molecule has 0 bridgehead atoms. The Balaban J connectivity index is 2.07. The van der Waals surface area contributed by atoms with Crippen LogP contribution in [0, 0.1) is 0 Å². The summed E-state index contributed by atoms with van der Waals surface area (Å²) in [5, 5.41) is 3.53. The summed E-state index contributed by atoms with van der Waals surface area (Å²) in [6.45, 7) is 4.28. The molecule has 1 N–H and O–H groups in total. The summed E-state index contributed by atoms with van der Waals surface area (Å²) in [6, 6.07) is 12.2. The maximum atomic E-state index is 3.53. The van der Waals surface area contributed by atoms with E-state index in [0.29, 0.717) is 6.04 Å². The van der Waals surface area contributed by atoms with E-state index in [-0.39, 0.29) is 0 Å². The number of likely N-dealkylation sites (N-methyl/N-ethyl adjacent to an activating group) is 2. The first-order valence-corrected chi connectivity index (χ1v) is 7.80. The summed E-state index contributed by atoms with van der Waals surface area (Å²) in [4.78, 5) is 2.61. The average molecular weight is 260 g/mol. The van der Waals surface area contributed by atoms with Crippen LogP contribution in [0.15, 0.2) is 30.3 Å². The molecule has 106 valence electrons. The molecule has 0 radical (unpaired) electrons. The maximum Gasteiger partial charge on any atom is 0.0472 e. The van der Waals surface area contributed by atoms with Crippen LogP contribution in [-0.4, -0.2) is 31.1 Å². The van der Waals surface area contributed by atoms with E-state index in [0.717, 1.165) is 19.1 Å². The molecule has 1 unspecified atom stereocenters. The first kappa shape index (κ1) is 14.5. The van der Waals surface area contributed by atoms with Crippen molar-refractivity contribution < 1.29 is 0 Å². The molecule has 0 saturated heterocycles. The molecule has 1 aliphatic rings. The van der Waals surface area contributed by atoms with Crippen molar-refractivity contribution in [3.63, 3.8) is 0 Å². The number of hydrogen-bond acceptors (Lipinski definition) is 2. The third kappa shape index (κ3) is 4.05. The summed E-state index contributed by atoms with van der Waals surface area (Å²) in [5.41, 5.74) is 1.44. The highest BCUT2D eigenvalue weighted by Crippen LogP contribution is 2.28. The van der Waals surface area contributed by atoms with Crippen molar-refractivity contribution in [1.29, 1.82) is 0 Å². The Hall–Kier alpha value is -0.860. The van der Waals surface area contributed by atoms with Crippen LogP contribution in [0.2, 0.25) is 0 Å². The van der Waals surface area contributed by atoms with E-state index in [2.05, 4.69) is 54.5 Å². The summed E-state index contributed by atoms with van der Waals surface area (Å²) in [7, 11) is 2.31. The quantitative estimate of drug-likeness (QED) is 0.840. The molecule has 0 aliphatic heterocycles. The minimum absolute atomic E-state index is 0.504. The van der Waals surface area contributed by atoms with E-state index in [1.807, 2.05) is 0 Å². The third-order valence-corrected chi connectivity index (χ3v) is 4.41. The number of benzene rings is 1. The van der Waals surface area contributed by atoms with Crippen LogP contribution in [0.1, 0.15) is 50.6 Å². The molecular weight excluding hydrogens is 232 g/mol. The molecule has 1 saturated carbocycles. The van der Waals surface area contributed by atoms with Crippen molar-refractivity contribution >= 4 is 0 Å².